The summed E-state index contributed by atoms with van der Waals surface area (Å²) >= 11 is 5.96. The fraction of sp³-hybridized carbons (Fsp3) is 0.538. The van der Waals surface area contributed by atoms with Gasteiger partial charge in [0, 0.05) is 39.3 Å². The van der Waals surface area contributed by atoms with Crippen LogP contribution in [0.25, 0.3) is 0 Å². The molecular weight excluding hydrogens is 290 g/mol. The Morgan fingerprint density at radius 3 is 2.62 bits per heavy atom. The molecule has 7 nitrogen and oxygen atoms in total. The summed E-state index contributed by atoms with van der Waals surface area (Å²) in [7, 11) is 1.90. The van der Waals surface area contributed by atoms with Crippen LogP contribution in [0.15, 0.2) is 12.3 Å². The first kappa shape index (κ1) is 15.5. The maximum absolute atomic E-state index is 5.96. The Morgan fingerprint density at radius 2 is 2.00 bits per heavy atom. The average molecular weight is 310 g/mol. The van der Waals surface area contributed by atoms with Gasteiger partial charge in [-0.1, -0.05) is 0 Å². The smallest absolute Gasteiger partial charge is 0.231 e. The van der Waals surface area contributed by atoms with Crippen LogP contribution in [-0.4, -0.2) is 44.4 Å². The Hall–Kier alpha value is -1.89. The molecule has 0 atom stereocenters. The van der Waals surface area contributed by atoms with E-state index >= 15 is 0 Å². The molecule has 114 valence electrons. The van der Waals surface area contributed by atoms with Gasteiger partial charge in [-0.25, -0.2) is 0 Å². The highest BCUT2D eigenvalue weighted by atomic mass is 35.5. The molecule has 0 amide bonds. The molecule has 0 aliphatic rings. The lowest BCUT2D eigenvalue weighted by Crippen LogP contribution is -2.25. The number of halogens is 1. The predicted octanol–water partition coefficient (Wildman–Crippen LogP) is 1.76. The highest BCUT2D eigenvalue weighted by Crippen LogP contribution is 2.13. The summed E-state index contributed by atoms with van der Waals surface area (Å²) < 4.78 is 1.79. The lowest BCUT2D eigenvalue weighted by atomic mass is 10.3. The van der Waals surface area contributed by atoms with E-state index < -0.39 is 0 Å². The third-order valence-electron chi connectivity index (χ3n) is 3.08. The predicted molar refractivity (Wildman–Crippen MR) is 83.8 cm³/mol. The van der Waals surface area contributed by atoms with Gasteiger partial charge in [0.15, 0.2) is 0 Å². The summed E-state index contributed by atoms with van der Waals surface area (Å²) in [6, 6.07) is 1.99. The lowest BCUT2D eigenvalue weighted by molar-refractivity contribution is 0.741. The molecular formula is C13H20ClN7. The lowest BCUT2D eigenvalue weighted by Gasteiger charge is -2.18. The SMILES string of the molecule is CCN(CC)c1nc(Cl)nc(NCCc2ccn(C)n2)n1. The fourth-order valence-corrected chi connectivity index (χ4v) is 2.12. The van der Waals surface area contributed by atoms with Crippen LogP contribution in [-0.2, 0) is 13.5 Å². The normalized spacial score (nSPS) is 10.7. The van der Waals surface area contributed by atoms with Crippen molar-refractivity contribution in [3.05, 3.63) is 23.2 Å². The molecule has 0 radical (unpaired) electrons. The van der Waals surface area contributed by atoms with Crippen LogP contribution in [0.3, 0.4) is 0 Å². The number of anilines is 2. The van der Waals surface area contributed by atoms with Crippen molar-refractivity contribution in [3.63, 3.8) is 0 Å². The number of hydrogen-bond acceptors (Lipinski definition) is 6. The van der Waals surface area contributed by atoms with Crippen molar-refractivity contribution in [1.82, 2.24) is 24.7 Å². The second-order valence-electron chi connectivity index (χ2n) is 4.56. The van der Waals surface area contributed by atoms with Gasteiger partial charge in [-0.3, -0.25) is 4.68 Å². The maximum atomic E-state index is 5.96. The Morgan fingerprint density at radius 1 is 1.24 bits per heavy atom. The number of rotatable bonds is 7. The minimum atomic E-state index is 0.201. The zero-order chi connectivity index (χ0) is 15.2. The highest BCUT2D eigenvalue weighted by Gasteiger charge is 2.10. The van der Waals surface area contributed by atoms with E-state index in [9.17, 15) is 0 Å². The molecule has 0 bridgehead atoms. The van der Waals surface area contributed by atoms with Gasteiger partial charge in [-0.05, 0) is 31.5 Å². The Balaban J connectivity index is 1.99. The number of hydrogen-bond donors (Lipinski definition) is 1. The summed E-state index contributed by atoms with van der Waals surface area (Å²) in [4.78, 5) is 14.7. The summed E-state index contributed by atoms with van der Waals surface area (Å²) in [5.41, 5.74) is 1.02. The van der Waals surface area contributed by atoms with Crippen LogP contribution in [0.5, 0.6) is 0 Å². The molecule has 0 aliphatic carbocycles. The van der Waals surface area contributed by atoms with Crippen molar-refractivity contribution < 1.29 is 0 Å². The molecule has 21 heavy (non-hydrogen) atoms. The Bertz CT molecular complexity index is 580. The van der Waals surface area contributed by atoms with E-state index in [1.54, 1.807) is 4.68 Å². The molecule has 2 heterocycles. The number of aryl methyl sites for hydroxylation is 1. The molecule has 0 aliphatic heterocycles. The van der Waals surface area contributed by atoms with Crippen molar-refractivity contribution in [2.45, 2.75) is 20.3 Å². The van der Waals surface area contributed by atoms with Crippen molar-refractivity contribution >= 4 is 23.5 Å². The van der Waals surface area contributed by atoms with Gasteiger partial charge in [0.1, 0.15) is 0 Å². The topological polar surface area (TPSA) is 71.8 Å². The largest absolute Gasteiger partial charge is 0.354 e. The molecule has 2 aromatic rings. The van der Waals surface area contributed by atoms with Crippen LogP contribution in [0.2, 0.25) is 5.28 Å². The summed E-state index contributed by atoms with van der Waals surface area (Å²) in [5.74, 6) is 1.09. The molecule has 0 spiro atoms. The molecule has 0 saturated heterocycles. The van der Waals surface area contributed by atoms with Gasteiger partial charge < -0.3 is 10.2 Å². The van der Waals surface area contributed by atoms with Crippen molar-refractivity contribution in [2.75, 3.05) is 29.9 Å². The zero-order valence-corrected chi connectivity index (χ0v) is 13.3. The zero-order valence-electron chi connectivity index (χ0n) is 12.5. The van der Waals surface area contributed by atoms with Gasteiger partial charge in [-0.15, -0.1) is 0 Å². The van der Waals surface area contributed by atoms with Crippen molar-refractivity contribution in [2.24, 2.45) is 7.05 Å². The van der Waals surface area contributed by atoms with E-state index in [2.05, 4.69) is 39.2 Å². The number of aromatic nitrogens is 5. The fourth-order valence-electron chi connectivity index (χ4n) is 1.97. The van der Waals surface area contributed by atoms with E-state index in [0.29, 0.717) is 18.4 Å². The maximum Gasteiger partial charge on any atom is 0.231 e. The molecule has 2 rings (SSSR count). The minimum absolute atomic E-state index is 0.201. The molecule has 1 N–H and O–H groups in total. The van der Waals surface area contributed by atoms with Gasteiger partial charge in [0.25, 0.3) is 0 Å². The van der Waals surface area contributed by atoms with Crippen LogP contribution >= 0.6 is 11.6 Å². The Kier molecular flexibility index (Phi) is 5.32. The number of nitrogens with zero attached hydrogens (tertiary/aromatic N) is 6. The van der Waals surface area contributed by atoms with Crippen molar-refractivity contribution in [3.8, 4) is 0 Å². The highest BCUT2D eigenvalue weighted by molar-refractivity contribution is 6.28. The van der Waals surface area contributed by atoms with Gasteiger partial charge in [0.2, 0.25) is 17.2 Å². The molecule has 0 unspecified atom stereocenters. The average Bonchev–Trinajstić information content (AvgIpc) is 2.85. The molecule has 0 aromatic carbocycles. The van der Waals surface area contributed by atoms with Crippen molar-refractivity contribution in [1.29, 1.82) is 0 Å². The first-order valence-electron chi connectivity index (χ1n) is 7.01. The van der Waals surface area contributed by atoms with E-state index in [1.807, 2.05) is 24.2 Å². The third kappa shape index (κ3) is 4.29. The van der Waals surface area contributed by atoms with Crippen LogP contribution in [0, 0.1) is 0 Å². The third-order valence-corrected chi connectivity index (χ3v) is 3.24. The first-order chi connectivity index (χ1) is 10.1. The summed E-state index contributed by atoms with van der Waals surface area (Å²) in [5, 5.41) is 7.69. The summed E-state index contributed by atoms with van der Waals surface area (Å²) in [6.07, 6.45) is 2.72. The second-order valence-corrected chi connectivity index (χ2v) is 4.90. The standard InChI is InChI=1S/C13H20ClN7/c1-4-21(5-2)13-17-11(14)16-12(18-13)15-8-6-10-7-9-20(3)19-10/h7,9H,4-6,8H2,1-3H3,(H,15,16,17,18). The van der Waals surface area contributed by atoms with Gasteiger partial charge >= 0.3 is 0 Å². The van der Waals surface area contributed by atoms with Crippen LogP contribution in [0.1, 0.15) is 19.5 Å². The van der Waals surface area contributed by atoms with E-state index in [0.717, 1.165) is 25.2 Å². The monoisotopic (exact) mass is 309 g/mol. The van der Waals surface area contributed by atoms with Gasteiger partial charge in [0.05, 0.1) is 5.69 Å². The van der Waals surface area contributed by atoms with Crippen LogP contribution in [0.4, 0.5) is 11.9 Å². The molecule has 0 saturated carbocycles. The molecule has 0 fully saturated rings. The van der Waals surface area contributed by atoms with E-state index in [-0.39, 0.29) is 5.28 Å². The Labute approximate surface area is 129 Å². The van der Waals surface area contributed by atoms with Crippen LogP contribution < -0.4 is 10.2 Å². The number of nitrogens with one attached hydrogen (secondary N) is 1. The molecule has 8 heteroatoms. The minimum Gasteiger partial charge on any atom is -0.354 e. The first-order valence-corrected chi connectivity index (χ1v) is 7.39. The summed E-state index contributed by atoms with van der Waals surface area (Å²) in [6.45, 7) is 6.44. The van der Waals surface area contributed by atoms with Gasteiger partial charge in [-0.2, -0.15) is 20.1 Å². The second kappa shape index (κ2) is 7.21. The van der Waals surface area contributed by atoms with E-state index in [1.165, 1.54) is 0 Å². The molecule has 2 aromatic heterocycles. The van der Waals surface area contributed by atoms with E-state index in [4.69, 9.17) is 11.6 Å². The quantitative estimate of drug-likeness (QED) is 0.840.